The molecule has 0 saturated carbocycles. The number of nitrogens with one attached hydrogen (secondary N) is 2. The Morgan fingerprint density at radius 3 is 1.91 bits per heavy atom. The number of rotatable bonds is 8. The van der Waals surface area contributed by atoms with Crippen molar-refractivity contribution in [1.82, 2.24) is 0 Å². The molecule has 0 aromatic heterocycles. The summed E-state index contributed by atoms with van der Waals surface area (Å²) in [5, 5.41) is 5.74. The normalized spacial score (nSPS) is 10.3. The molecule has 0 spiro atoms. The Kier molecular flexibility index (Phi) is 7.13. The van der Waals surface area contributed by atoms with E-state index in [2.05, 4.69) is 10.6 Å². The lowest BCUT2D eigenvalue weighted by Gasteiger charge is -2.10. The van der Waals surface area contributed by atoms with Crippen molar-refractivity contribution in [1.29, 1.82) is 0 Å². The van der Waals surface area contributed by atoms with Crippen molar-refractivity contribution in [3.05, 3.63) is 126 Å². The zero-order valence-corrected chi connectivity index (χ0v) is 18.0. The molecule has 0 saturated heterocycles. The van der Waals surface area contributed by atoms with Crippen molar-refractivity contribution in [2.75, 3.05) is 10.6 Å². The number of benzene rings is 4. The summed E-state index contributed by atoms with van der Waals surface area (Å²) >= 11 is 0. The van der Waals surface area contributed by atoms with Gasteiger partial charge in [0, 0.05) is 16.9 Å². The number of ether oxygens (including phenoxy) is 1. The predicted molar refractivity (Wildman–Crippen MR) is 130 cm³/mol. The van der Waals surface area contributed by atoms with Crippen LogP contribution >= 0.6 is 0 Å². The Labute approximate surface area is 193 Å². The minimum atomic E-state index is -0.235. The van der Waals surface area contributed by atoms with Crippen LogP contribution in [-0.2, 0) is 17.8 Å². The van der Waals surface area contributed by atoms with E-state index in [9.17, 15) is 9.59 Å². The highest BCUT2D eigenvalue weighted by molar-refractivity contribution is 6.04. The standard InChI is InChI=1S/C28H24N2O3/c31-27(18-21-8-3-1-4-9-21)29-24-14-16-25(17-15-24)30-28(32)23-12-7-13-26(19-23)33-20-22-10-5-2-6-11-22/h1-17,19H,18,20H2,(H,29,31)(H,30,32). The van der Waals surface area contributed by atoms with Crippen LogP contribution in [-0.4, -0.2) is 11.8 Å². The van der Waals surface area contributed by atoms with Gasteiger partial charge in [-0.05, 0) is 53.6 Å². The molecule has 0 fully saturated rings. The highest BCUT2D eigenvalue weighted by atomic mass is 16.5. The number of carbonyl (C=O) groups is 2. The van der Waals surface area contributed by atoms with Gasteiger partial charge in [0.1, 0.15) is 12.4 Å². The van der Waals surface area contributed by atoms with E-state index in [0.29, 0.717) is 35.7 Å². The second kappa shape index (κ2) is 10.8. The number of hydrogen-bond acceptors (Lipinski definition) is 3. The first-order chi connectivity index (χ1) is 16.2. The first kappa shape index (κ1) is 21.8. The van der Waals surface area contributed by atoms with Gasteiger partial charge in [-0.2, -0.15) is 0 Å². The Hall–Kier alpha value is -4.38. The number of carbonyl (C=O) groups excluding carboxylic acids is 2. The fourth-order valence-electron chi connectivity index (χ4n) is 3.29. The summed E-state index contributed by atoms with van der Waals surface area (Å²) in [6.07, 6.45) is 0.308. The molecule has 0 aliphatic rings. The van der Waals surface area contributed by atoms with E-state index in [1.54, 1.807) is 42.5 Å². The average molecular weight is 437 g/mol. The number of amides is 2. The third-order valence-electron chi connectivity index (χ3n) is 4.98. The van der Waals surface area contributed by atoms with Crippen LogP contribution in [0.4, 0.5) is 11.4 Å². The molecule has 0 aliphatic heterocycles. The van der Waals surface area contributed by atoms with Crippen molar-refractivity contribution in [2.45, 2.75) is 13.0 Å². The molecular formula is C28H24N2O3. The van der Waals surface area contributed by atoms with E-state index in [-0.39, 0.29) is 11.8 Å². The van der Waals surface area contributed by atoms with E-state index >= 15 is 0 Å². The van der Waals surface area contributed by atoms with Crippen LogP contribution in [0.1, 0.15) is 21.5 Å². The largest absolute Gasteiger partial charge is 0.489 e. The SMILES string of the molecule is O=C(Cc1ccccc1)Nc1ccc(NC(=O)c2cccc(OCc3ccccc3)c2)cc1. The van der Waals surface area contributed by atoms with E-state index in [0.717, 1.165) is 11.1 Å². The Morgan fingerprint density at radius 1 is 0.636 bits per heavy atom. The maximum Gasteiger partial charge on any atom is 0.255 e. The van der Waals surface area contributed by atoms with Gasteiger partial charge >= 0.3 is 0 Å². The van der Waals surface area contributed by atoms with Crippen LogP contribution in [0.3, 0.4) is 0 Å². The van der Waals surface area contributed by atoms with Gasteiger partial charge in [0.25, 0.3) is 5.91 Å². The molecule has 0 bridgehead atoms. The summed E-state index contributed by atoms with van der Waals surface area (Å²) in [5.41, 5.74) is 3.82. The second-order valence-electron chi connectivity index (χ2n) is 7.54. The molecule has 0 unspecified atom stereocenters. The quantitative estimate of drug-likeness (QED) is 0.372. The van der Waals surface area contributed by atoms with Crippen LogP contribution < -0.4 is 15.4 Å². The smallest absolute Gasteiger partial charge is 0.255 e. The zero-order chi connectivity index (χ0) is 22.9. The summed E-state index contributed by atoms with van der Waals surface area (Å²) in [6.45, 7) is 0.434. The molecule has 5 nitrogen and oxygen atoms in total. The van der Waals surface area contributed by atoms with Crippen LogP contribution in [0.15, 0.2) is 109 Å². The van der Waals surface area contributed by atoms with Gasteiger partial charge in [-0.15, -0.1) is 0 Å². The Balaban J connectivity index is 1.31. The fraction of sp³-hybridized carbons (Fsp3) is 0.0714. The van der Waals surface area contributed by atoms with E-state index in [4.69, 9.17) is 4.74 Å². The van der Waals surface area contributed by atoms with Gasteiger partial charge < -0.3 is 15.4 Å². The van der Waals surface area contributed by atoms with E-state index in [1.165, 1.54) is 0 Å². The maximum absolute atomic E-state index is 12.7. The highest BCUT2D eigenvalue weighted by Gasteiger charge is 2.09. The van der Waals surface area contributed by atoms with Crippen LogP contribution in [0.2, 0.25) is 0 Å². The monoisotopic (exact) mass is 436 g/mol. The summed E-state index contributed by atoms with van der Waals surface area (Å²) < 4.78 is 5.81. The van der Waals surface area contributed by atoms with E-state index < -0.39 is 0 Å². The van der Waals surface area contributed by atoms with Crippen molar-refractivity contribution < 1.29 is 14.3 Å². The molecule has 0 radical (unpaired) electrons. The molecule has 4 rings (SSSR count). The molecule has 4 aromatic carbocycles. The third kappa shape index (κ3) is 6.55. The minimum Gasteiger partial charge on any atom is -0.489 e. The molecule has 2 amide bonds. The van der Waals surface area contributed by atoms with Crippen LogP contribution in [0.25, 0.3) is 0 Å². The lowest BCUT2D eigenvalue weighted by Crippen LogP contribution is -2.15. The van der Waals surface area contributed by atoms with E-state index in [1.807, 2.05) is 66.7 Å². The lowest BCUT2D eigenvalue weighted by molar-refractivity contribution is -0.115. The summed E-state index contributed by atoms with van der Waals surface area (Å²) in [6, 6.07) is 33.5. The highest BCUT2D eigenvalue weighted by Crippen LogP contribution is 2.18. The molecule has 33 heavy (non-hydrogen) atoms. The Bertz CT molecular complexity index is 1210. The molecule has 4 aromatic rings. The van der Waals surface area contributed by atoms with Crippen molar-refractivity contribution in [2.24, 2.45) is 0 Å². The van der Waals surface area contributed by atoms with Crippen molar-refractivity contribution in [3.8, 4) is 5.75 Å². The summed E-state index contributed by atoms with van der Waals surface area (Å²) in [7, 11) is 0. The van der Waals surface area contributed by atoms with Crippen molar-refractivity contribution >= 4 is 23.2 Å². The topological polar surface area (TPSA) is 67.4 Å². The average Bonchev–Trinajstić information content (AvgIpc) is 2.85. The minimum absolute atomic E-state index is 0.0923. The van der Waals surface area contributed by atoms with Crippen LogP contribution in [0, 0.1) is 0 Å². The first-order valence-corrected chi connectivity index (χ1v) is 10.7. The Morgan fingerprint density at radius 2 is 1.24 bits per heavy atom. The molecule has 0 atom stereocenters. The summed E-state index contributed by atoms with van der Waals surface area (Å²) in [5.74, 6) is 0.300. The molecule has 0 aliphatic carbocycles. The van der Waals surface area contributed by atoms with Gasteiger partial charge in [-0.1, -0.05) is 66.7 Å². The van der Waals surface area contributed by atoms with Gasteiger partial charge in [0.05, 0.1) is 6.42 Å². The lowest BCUT2D eigenvalue weighted by atomic mass is 10.1. The number of anilines is 2. The fourth-order valence-corrected chi connectivity index (χ4v) is 3.29. The third-order valence-corrected chi connectivity index (χ3v) is 4.98. The van der Waals surface area contributed by atoms with Gasteiger partial charge in [0.15, 0.2) is 0 Å². The van der Waals surface area contributed by atoms with Crippen LogP contribution in [0.5, 0.6) is 5.75 Å². The second-order valence-corrected chi connectivity index (χ2v) is 7.54. The van der Waals surface area contributed by atoms with Gasteiger partial charge in [0.2, 0.25) is 5.91 Å². The molecule has 5 heteroatoms. The maximum atomic E-state index is 12.7. The molecule has 2 N–H and O–H groups in total. The van der Waals surface area contributed by atoms with Crippen molar-refractivity contribution in [3.63, 3.8) is 0 Å². The molecular weight excluding hydrogens is 412 g/mol. The zero-order valence-electron chi connectivity index (χ0n) is 18.0. The van der Waals surface area contributed by atoms with Gasteiger partial charge in [-0.3, -0.25) is 9.59 Å². The van der Waals surface area contributed by atoms with Gasteiger partial charge in [-0.25, -0.2) is 0 Å². The first-order valence-electron chi connectivity index (χ1n) is 10.7. The molecule has 164 valence electrons. The molecule has 0 heterocycles. The number of hydrogen-bond donors (Lipinski definition) is 2. The summed E-state index contributed by atoms with van der Waals surface area (Å²) in [4.78, 5) is 24.9. The predicted octanol–water partition coefficient (Wildman–Crippen LogP) is 5.70.